The van der Waals surface area contributed by atoms with Crippen molar-refractivity contribution in [2.45, 2.75) is 32.0 Å². The number of carbonyl (C=O) groups is 3. The fourth-order valence-corrected chi connectivity index (χ4v) is 1.81. The Morgan fingerprint density at radius 2 is 1.75 bits per heavy atom. The molecule has 0 spiro atoms. The molecule has 6 nitrogen and oxygen atoms in total. The van der Waals surface area contributed by atoms with Crippen molar-refractivity contribution in [2.24, 2.45) is 0 Å². The normalized spacial score (nSPS) is 12.3. The molecule has 2 amide bonds. The molecule has 24 heavy (non-hydrogen) atoms. The summed E-state index contributed by atoms with van der Waals surface area (Å²) >= 11 is 0. The van der Waals surface area contributed by atoms with E-state index in [0.29, 0.717) is 0 Å². The van der Waals surface area contributed by atoms with Crippen LogP contribution in [0.15, 0.2) is 24.3 Å². The van der Waals surface area contributed by atoms with E-state index in [1.54, 1.807) is 6.92 Å². The van der Waals surface area contributed by atoms with E-state index in [2.05, 4.69) is 10.6 Å². The largest absolute Gasteiger partial charge is 0.481 e. The fourth-order valence-electron chi connectivity index (χ4n) is 1.81. The van der Waals surface area contributed by atoms with Crippen LogP contribution in [0.5, 0.6) is 0 Å². The Hall–Kier alpha value is -2.58. The summed E-state index contributed by atoms with van der Waals surface area (Å²) in [7, 11) is 0. The van der Waals surface area contributed by atoms with Gasteiger partial charge < -0.3 is 15.7 Å². The first kappa shape index (κ1) is 19.5. The lowest BCUT2D eigenvalue weighted by Gasteiger charge is -2.13. The van der Waals surface area contributed by atoms with Crippen molar-refractivity contribution >= 4 is 17.8 Å². The Morgan fingerprint density at radius 3 is 2.25 bits per heavy atom. The fraction of sp³-hybridized carbons (Fsp3) is 0.400. The average molecular weight is 346 g/mol. The molecule has 1 unspecified atom stereocenters. The van der Waals surface area contributed by atoms with Gasteiger partial charge >= 0.3 is 12.1 Å². The van der Waals surface area contributed by atoms with Gasteiger partial charge in [-0.05, 0) is 37.6 Å². The van der Waals surface area contributed by atoms with Crippen molar-refractivity contribution in [3.63, 3.8) is 0 Å². The second-order valence-electron chi connectivity index (χ2n) is 5.16. The molecule has 1 aromatic rings. The van der Waals surface area contributed by atoms with Crippen molar-refractivity contribution in [1.82, 2.24) is 10.6 Å². The molecule has 0 bridgehead atoms. The summed E-state index contributed by atoms with van der Waals surface area (Å²) in [6.45, 7) is 1.26. The van der Waals surface area contributed by atoms with Gasteiger partial charge in [-0.1, -0.05) is 0 Å². The predicted molar refractivity (Wildman–Crippen MR) is 78.3 cm³/mol. The zero-order valence-corrected chi connectivity index (χ0v) is 12.8. The van der Waals surface area contributed by atoms with Gasteiger partial charge in [0.2, 0.25) is 5.91 Å². The number of benzene rings is 1. The Morgan fingerprint density at radius 1 is 1.17 bits per heavy atom. The third-order valence-electron chi connectivity index (χ3n) is 3.08. The highest BCUT2D eigenvalue weighted by Crippen LogP contribution is 2.28. The molecule has 0 aliphatic heterocycles. The molecule has 3 N–H and O–H groups in total. The molecule has 9 heteroatoms. The first-order valence-corrected chi connectivity index (χ1v) is 7.06. The topological polar surface area (TPSA) is 95.5 Å². The highest BCUT2D eigenvalue weighted by molar-refractivity contribution is 5.96. The average Bonchev–Trinajstić information content (AvgIpc) is 2.50. The summed E-state index contributed by atoms with van der Waals surface area (Å²) < 4.78 is 37.3. The Labute approximate surface area is 136 Å². The third-order valence-corrected chi connectivity index (χ3v) is 3.08. The van der Waals surface area contributed by atoms with Crippen LogP contribution < -0.4 is 10.6 Å². The molecule has 1 atom stereocenters. The first-order chi connectivity index (χ1) is 11.1. The molecule has 0 aliphatic carbocycles. The van der Waals surface area contributed by atoms with E-state index in [9.17, 15) is 27.6 Å². The van der Waals surface area contributed by atoms with Gasteiger partial charge in [0.1, 0.15) is 0 Å². The van der Waals surface area contributed by atoms with E-state index < -0.39 is 29.5 Å². The highest BCUT2D eigenvalue weighted by atomic mass is 19.4. The second-order valence-corrected chi connectivity index (χ2v) is 5.16. The molecule has 132 valence electrons. The molecule has 0 heterocycles. The number of rotatable bonds is 7. The second kappa shape index (κ2) is 8.32. The number of nitrogens with one attached hydrogen (secondary N) is 2. The van der Waals surface area contributed by atoms with Gasteiger partial charge in [0.05, 0.1) is 12.1 Å². The minimum absolute atomic E-state index is 0.00488. The Balaban J connectivity index is 2.45. The smallest absolute Gasteiger partial charge is 0.416 e. The summed E-state index contributed by atoms with van der Waals surface area (Å²) in [6.07, 6.45) is -4.34. The van der Waals surface area contributed by atoms with E-state index in [1.807, 2.05) is 0 Å². The minimum atomic E-state index is -4.49. The standard InChI is InChI=1S/C15H17F3N2O4/c1-9(2-7-13(22)23)20-12(21)8-19-14(24)10-3-5-11(6-4-10)15(16,17)18/h3-6,9H,2,7-8H2,1H3,(H,19,24)(H,20,21)(H,22,23). The van der Waals surface area contributed by atoms with E-state index in [-0.39, 0.29) is 31.0 Å². The number of hydrogen-bond acceptors (Lipinski definition) is 3. The summed E-state index contributed by atoms with van der Waals surface area (Å²) in [5.74, 6) is -2.18. The zero-order chi connectivity index (χ0) is 18.3. The van der Waals surface area contributed by atoms with Crippen LogP contribution in [0.4, 0.5) is 13.2 Å². The maximum Gasteiger partial charge on any atom is 0.416 e. The number of carboxylic acids is 1. The number of carboxylic acid groups (broad SMARTS) is 1. The summed E-state index contributed by atoms with van der Waals surface area (Å²) in [5.41, 5.74) is -0.876. The van der Waals surface area contributed by atoms with Crippen LogP contribution in [0, 0.1) is 0 Å². The van der Waals surface area contributed by atoms with E-state index in [0.717, 1.165) is 24.3 Å². The van der Waals surface area contributed by atoms with Gasteiger partial charge in [0, 0.05) is 18.0 Å². The molecule has 1 aromatic carbocycles. The highest BCUT2D eigenvalue weighted by Gasteiger charge is 2.30. The van der Waals surface area contributed by atoms with Crippen molar-refractivity contribution < 1.29 is 32.7 Å². The van der Waals surface area contributed by atoms with Crippen molar-refractivity contribution in [2.75, 3.05) is 6.54 Å². The Kier molecular flexibility index (Phi) is 6.75. The van der Waals surface area contributed by atoms with Gasteiger partial charge in [-0.15, -0.1) is 0 Å². The lowest BCUT2D eigenvalue weighted by atomic mass is 10.1. The van der Waals surface area contributed by atoms with Crippen LogP contribution in [0.25, 0.3) is 0 Å². The number of halogens is 3. The number of aliphatic carboxylic acids is 1. The number of amides is 2. The molecule has 0 aliphatic rings. The molecule has 1 rings (SSSR count). The first-order valence-electron chi connectivity index (χ1n) is 7.06. The minimum Gasteiger partial charge on any atom is -0.481 e. The van der Waals surface area contributed by atoms with Crippen LogP contribution in [0.2, 0.25) is 0 Å². The zero-order valence-electron chi connectivity index (χ0n) is 12.8. The predicted octanol–water partition coefficient (Wildman–Crippen LogP) is 1.80. The monoisotopic (exact) mass is 346 g/mol. The van der Waals surface area contributed by atoms with E-state index in [1.165, 1.54) is 0 Å². The summed E-state index contributed by atoms with van der Waals surface area (Å²) in [4.78, 5) is 33.8. The number of alkyl halides is 3. The molecule has 0 saturated carbocycles. The van der Waals surface area contributed by atoms with E-state index in [4.69, 9.17) is 5.11 Å². The molecule has 0 aromatic heterocycles. The van der Waals surface area contributed by atoms with Gasteiger partial charge in [-0.3, -0.25) is 14.4 Å². The van der Waals surface area contributed by atoms with Crippen molar-refractivity contribution in [3.8, 4) is 0 Å². The van der Waals surface area contributed by atoms with Gasteiger partial charge in [0.25, 0.3) is 5.91 Å². The van der Waals surface area contributed by atoms with Crippen LogP contribution in [0.3, 0.4) is 0 Å². The molecule has 0 saturated heterocycles. The maximum absolute atomic E-state index is 12.4. The van der Waals surface area contributed by atoms with Crippen LogP contribution in [-0.4, -0.2) is 35.5 Å². The number of carbonyl (C=O) groups excluding carboxylic acids is 2. The SMILES string of the molecule is CC(CCC(=O)O)NC(=O)CNC(=O)c1ccc(C(F)(F)F)cc1. The van der Waals surface area contributed by atoms with E-state index >= 15 is 0 Å². The molecule has 0 fully saturated rings. The van der Waals surface area contributed by atoms with Crippen LogP contribution in [-0.2, 0) is 15.8 Å². The van der Waals surface area contributed by atoms with Crippen molar-refractivity contribution in [3.05, 3.63) is 35.4 Å². The summed E-state index contributed by atoms with van der Waals surface area (Å²) in [5, 5.41) is 13.3. The number of hydrogen-bond donors (Lipinski definition) is 3. The lowest BCUT2D eigenvalue weighted by molar-refractivity contribution is -0.138. The molecular weight excluding hydrogens is 329 g/mol. The Bertz CT molecular complexity index is 600. The van der Waals surface area contributed by atoms with Gasteiger partial charge in [0.15, 0.2) is 0 Å². The quantitative estimate of drug-likeness (QED) is 0.702. The summed E-state index contributed by atoms with van der Waals surface area (Å²) in [6, 6.07) is 3.22. The lowest BCUT2D eigenvalue weighted by Crippen LogP contribution is -2.41. The molecular formula is C15H17F3N2O4. The molecule has 0 radical (unpaired) electrons. The maximum atomic E-state index is 12.4. The van der Waals surface area contributed by atoms with Crippen LogP contribution in [0.1, 0.15) is 35.7 Å². The van der Waals surface area contributed by atoms with Crippen LogP contribution >= 0.6 is 0 Å². The third kappa shape index (κ3) is 6.67. The van der Waals surface area contributed by atoms with Gasteiger partial charge in [-0.2, -0.15) is 13.2 Å². The van der Waals surface area contributed by atoms with Crippen molar-refractivity contribution in [1.29, 1.82) is 0 Å². The van der Waals surface area contributed by atoms with Gasteiger partial charge in [-0.25, -0.2) is 0 Å².